The molecular formula is C14H21N5S. The van der Waals surface area contributed by atoms with Crippen LogP contribution < -0.4 is 0 Å². The summed E-state index contributed by atoms with van der Waals surface area (Å²) in [6.07, 6.45) is 4.90. The second kappa shape index (κ2) is 4.43. The number of fused-ring (bicyclic) bond motifs is 1. The van der Waals surface area contributed by atoms with Crippen LogP contribution in [0, 0.1) is 4.77 Å². The van der Waals surface area contributed by atoms with E-state index in [1.807, 2.05) is 11.7 Å². The molecule has 2 aliphatic rings. The lowest BCUT2D eigenvalue weighted by molar-refractivity contribution is 0.314. The van der Waals surface area contributed by atoms with E-state index in [9.17, 15) is 0 Å². The van der Waals surface area contributed by atoms with Crippen LogP contribution in [0.3, 0.4) is 0 Å². The zero-order chi connectivity index (χ0) is 13.9. The third-order valence-corrected chi connectivity index (χ3v) is 5.03. The quantitative estimate of drug-likeness (QED) is 0.883. The molecule has 4 rings (SSSR count). The molecule has 108 valence electrons. The van der Waals surface area contributed by atoms with Gasteiger partial charge in [0.25, 0.3) is 0 Å². The van der Waals surface area contributed by atoms with Crippen LogP contribution >= 0.6 is 12.2 Å². The Labute approximate surface area is 123 Å². The van der Waals surface area contributed by atoms with Gasteiger partial charge in [0.15, 0.2) is 10.4 Å². The molecule has 1 aliphatic heterocycles. The number of hydrogen-bond acceptors (Lipinski definition) is 3. The number of H-pyrrole nitrogens is 1. The predicted molar refractivity (Wildman–Crippen MR) is 81.5 cm³/mol. The van der Waals surface area contributed by atoms with E-state index < -0.39 is 0 Å². The van der Waals surface area contributed by atoms with E-state index in [1.54, 1.807) is 0 Å². The third-order valence-electron chi connectivity index (χ3n) is 4.73. The molecule has 1 saturated heterocycles. The van der Waals surface area contributed by atoms with Crippen LogP contribution in [0.15, 0.2) is 0 Å². The monoisotopic (exact) mass is 291 g/mol. The summed E-state index contributed by atoms with van der Waals surface area (Å²) in [5.41, 5.74) is 3.41. The number of nitrogens with zero attached hydrogens (tertiary/aromatic N) is 4. The highest BCUT2D eigenvalue weighted by molar-refractivity contribution is 7.71. The van der Waals surface area contributed by atoms with Crippen molar-refractivity contribution in [1.82, 2.24) is 24.2 Å². The van der Waals surface area contributed by atoms with Crippen LogP contribution in [-0.4, -0.2) is 43.4 Å². The molecule has 20 heavy (non-hydrogen) atoms. The van der Waals surface area contributed by atoms with Gasteiger partial charge in [-0.1, -0.05) is 6.92 Å². The predicted octanol–water partition coefficient (Wildman–Crippen LogP) is 2.40. The van der Waals surface area contributed by atoms with Gasteiger partial charge in [-0.2, -0.15) is 5.10 Å². The molecular weight excluding hydrogens is 270 g/mol. The molecule has 1 saturated carbocycles. The van der Waals surface area contributed by atoms with Gasteiger partial charge >= 0.3 is 0 Å². The maximum absolute atomic E-state index is 5.58. The Morgan fingerprint density at radius 2 is 2.10 bits per heavy atom. The summed E-state index contributed by atoms with van der Waals surface area (Å²) in [6, 6.07) is 1.35. The highest BCUT2D eigenvalue weighted by Crippen LogP contribution is 2.35. The fraction of sp³-hybridized carbons (Fsp3) is 0.714. The number of aromatic amines is 1. The highest BCUT2D eigenvalue weighted by Gasteiger charge is 2.36. The first-order valence-electron chi connectivity index (χ1n) is 7.59. The average Bonchev–Trinajstić information content (AvgIpc) is 2.95. The maximum Gasteiger partial charge on any atom is 0.179 e. The Kier molecular flexibility index (Phi) is 2.79. The van der Waals surface area contributed by atoms with E-state index in [2.05, 4.69) is 26.5 Å². The van der Waals surface area contributed by atoms with Gasteiger partial charge in [0.05, 0.1) is 11.7 Å². The molecule has 1 unspecified atom stereocenters. The van der Waals surface area contributed by atoms with E-state index in [4.69, 9.17) is 12.2 Å². The van der Waals surface area contributed by atoms with Crippen LogP contribution in [0.2, 0.25) is 0 Å². The number of aryl methyl sites for hydroxylation is 2. The Balaban J connectivity index is 1.77. The standard InChI is InChI=1S/C14H21N5S/c1-3-11-12-13(17(2)16-11)19(14(20)15-12)10-6-7-18(8-10)9-4-5-9/h9-10H,3-8H2,1-2H3,(H,15,20). The van der Waals surface area contributed by atoms with Gasteiger partial charge in [0.1, 0.15) is 5.52 Å². The minimum Gasteiger partial charge on any atom is -0.328 e. The van der Waals surface area contributed by atoms with Crippen molar-refractivity contribution in [2.45, 2.75) is 44.7 Å². The molecule has 1 N–H and O–H groups in total. The van der Waals surface area contributed by atoms with Crippen LogP contribution in [0.4, 0.5) is 0 Å². The molecule has 1 aliphatic carbocycles. The van der Waals surface area contributed by atoms with Gasteiger partial charge in [-0.25, -0.2) is 0 Å². The summed E-state index contributed by atoms with van der Waals surface area (Å²) in [4.78, 5) is 6.01. The van der Waals surface area contributed by atoms with Gasteiger partial charge in [-0.05, 0) is 37.9 Å². The molecule has 0 amide bonds. The van der Waals surface area contributed by atoms with E-state index >= 15 is 0 Å². The van der Waals surface area contributed by atoms with E-state index in [0.29, 0.717) is 6.04 Å². The lowest BCUT2D eigenvalue weighted by Crippen LogP contribution is -2.24. The Morgan fingerprint density at radius 3 is 2.80 bits per heavy atom. The number of imidazole rings is 1. The SMILES string of the molecule is CCc1nn(C)c2c1[nH]c(=S)n2C1CCN(C2CC2)C1. The van der Waals surface area contributed by atoms with Gasteiger partial charge in [-0.3, -0.25) is 14.1 Å². The van der Waals surface area contributed by atoms with Crippen molar-refractivity contribution in [3.63, 3.8) is 0 Å². The maximum atomic E-state index is 5.58. The number of aromatic nitrogens is 4. The zero-order valence-electron chi connectivity index (χ0n) is 12.1. The second-order valence-electron chi connectivity index (χ2n) is 6.09. The largest absolute Gasteiger partial charge is 0.328 e. The first-order valence-corrected chi connectivity index (χ1v) is 8.00. The summed E-state index contributed by atoms with van der Waals surface area (Å²) < 4.78 is 5.14. The number of likely N-dealkylation sites (tertiary alicyclic amines) is 1. The highest BCUT2D eigenvalue weighted by atomic mass is 32.1. The summed E-state index contributed by atoms with van der Waals surface area (Å²) in [5, 5.41) is 4.61. The molecule has 3 heterocycles. The smallest absolute Gasteiger partial charge is 0.179 e. The normalized spacial score (nSPS) is 24.0. The summed E-state index contributed by atoms with van der Waals surface area (Å²) in [6.45, 7) is 4.49. The first-order chi connectivity index (χ1) is 9.69. The topological polar surface area (TPSA) is 41.8 Å². The fourth-order valence-electron chi connectivity index (χ4n) is 3.57. The minimum atomic E-state index is 0.497. The second-order valence-corrected chi connectivity index (χ2v) is 6.48. The molecule has 6 heteroatoms. The molecule has 1 atom stereocenters. The van der Waals surface area contributed by atoms with Crippen molar-refractivity contribution in [2.75, 3.05) is 13.1 Å². The van der Waals surface area contributed by atoms with Crippen LogP contribution in [0.1, 0.15) is 37.9 Å². The average molecular weight is 291 g/mol. The van der Waals surface area contributed by atoms with Gasteiger partial charge in [-0.15, -0.1) is 0 Å². The lowest BCUT2D eigenvalue weighted by Gasteiger charge is -2.16. The molecule has 0 radical (unpaired) electrons. The van der Waals surface area contributed by atoms with E-state index in [-0.39, 0.29) is 0 Å². The van der Waals surface area contributed by atoms with Crippen molar-refractivity contribution >= 4 is 23.4 Å². The zero-order valence-corrected chi connectivity index (χ0v) is 12.9. The molecule has 5 nitrogen and oxygen atoms in total. The van der Waals surface area contributed by atoms with Crippen molar-refractivity contribution < 1.29 is 0 Å². The summed E-state index contributed by atoms with van der Waals surface area (Å²) in [7, 11) is 2.02. The first kappa shape index (κ1) is 12.6. The Hall–Kier alpha value is -1.14. The lowest BCUT2D eigenvalue weighted by atomic mass is 10.2. The fourth-order valence-corrected chi connectivity index (χ4v) is 3.91. The van der Waals surface area contributed by atoms with Crippen LogP contribution in [0.5, 0.6) is 0 Å². The number of rotatable bonds is 3. The molecule has 2 fully saturated rings. The minimum absolute atomic E-state index is 0.497. The van der Waals surface area contributed by atoms with Crippen LogP contribution in [-0.2, 0) is 13.5 Å². The van der Waals surface area contributed by atoms with Crippen molar-refractivity contribution in [3.05, 3.63) is 10.5 Å². The number of hydrogen-bond donors (Lipinski definition) is 1. The molecule has 2 aromatic rings. The summed E-state index contributed by atoms with van der Waals surface area (Å²) >= 11 is 5.58. The van der Waals surface area contributed by atoms with Gasteiger partial charge < -0.3 is 4.98 Å². The molecule has 2 aromatic heterocycles. The Morgan fingerprint density at radius 1 is 1.30 bits per heavy atom. The van der Waals surface area contributed by atoms with Crippen molar-refractivity contribution in [1.29, 1.82) is 0 Å². The van der Waals surface area contributed by atoms with E-state index in [1.165, 1.54) is 25.8 Å². The van der Waals surface area contributed by atoms with E-state index in [0.717, 1.165) is 40.6 Å². The van der Waals surface area contributed by atoms with Gasteiger partial charge in [0.2, 0.25) is 0 Å². The van der Waals surface area contributed by atoms with Crippen molar-refractivity contribution in [2.24, 2.45) is 7.05 Å². The van der Waals surface area contributed by atoms with Crippen LogP contribution in [0.25, 0.3) is 11.2 Å². The Bertz CT molecular complexity index is 705. The third kappa shape index (κ3) is 1.78. The van der Waals surface area contributed by atoms with Gasteiger partial charge in [0, 0.05) is 26.2 Å². The molecule has 0 aromatic carbocycles. The van der Waals surface area contributed by atoms with Crippen molar-refractivity contribution in [3.8, 4) is 0 Å². The summed E-state index contributed by atoms with van der Waals surface area (Å²) in [5.74, 6) is 0. The molecule has 0 bridgehead atoms. The number of nitrogens with one attached hydrogen (secondary N) is 1. The molecule has 0 spiro atoms.